The molecule has 0 aliphatic rings. The smallest absolute Gasteiger partial charge is 0.0934 e. The quantitative estimate of drug-likeness (QED) is 0.722. The highest BCUT2D eigenvalue weighted by atomic mass is 32.1. The summed E-state index contributed by atoms with van der Waals surface area (Å²) >= 11 is 1.85. The summed E-state index contributed by atoms with van der Waals surface area (Å²) in [4.78, 5) is 6.16. The highest BCUT2D eigenvalue weighted by molar-refractivity contribution is 7.11. The van der Waals surface area contributed by atoms with Gasteiger partial charge >= 0.3 is 0 Å². The lowest BCUT2D eigenvalue weighted by molar-refractivity contribution is 0.199. The van der Waals surface area contributed by atoms with E-state index in [-0.39, 0.29) is 0 Å². The number of thiazole rings is 1. The molecule has 1 heterocycles. The molecule has 2 rings (SSSR count). The number of benzene rings is 1. The molecule has 1 aromatic carbocycles. The van der Waals surface area contributed by atoms with E-state index in [1.165, 1.54) is 21.1 Å². The summed E-state index contributed by atoms with van der Waals surface area (Å²) in [5.74, 6) is 0. The van der Waals surface area contributed by atoms with Gasteiger partial charge in [-0.2, -0.15) is 0 Å². The number of methoxy groups -OCH3 is 1. The first-order valence-electron chi connectivity index (χ1n) is 7.54. The fraction of sp³-hybridized carbons (Fsp3) is 0.471. The summed E-state index contributed by atoms with van der Waals surface area (Å²) in [6, 6.07) is 10.6. The third kappa shape index (κ3) is 5.23. The van der Waals surface area contributed by atoms with Crippen LogP contribution in [0.3, 0.4) is 0 Å². The van der Waals surface area contributed by atoms with Gasteiger partial charge in [-0.1, -0.05) is 37.3 Å². The highest BCUT2D eigenvalue weighted by Crippen LogP contribution is 2.20. The maximum Gasteiger partial charge on any atom is 0.0934 e. The lowest BCUT2D eigenvalue weighted by atomic mass is 10.1. The molecule has 1 N–H and O–H groups in total. The molecule has 0 saturated carbocycles. The van der Waals surface area contributed by atoms with Crippen LogP contribution in [-0.2, 0) is 30.5 Å². The van der Waals surface area contributed by atoms with Crippen LogP contribution in [0.5, 0.6) is 0 Å². The maximum absolute atomic E-state index is 5.05. The van der Waals surface area contributed by atoms with Crippen LogP contribution in [-0.4, -0.2) is 25.2 Å². The SMILES string of the molecule is CCc1nc(CCc2ccccc2)sc1CNCCOC. The molecule has 1 aromatic heterocycles. The third-order valence-electron chi connectivity index (χ3n) is 3.40. The number of hydrogen-bond acceptors (Lipinski definition) is 4. The van der Waals surface area contributed by atoms with Gasteiger partial charge in [-0.3, -0.25) is 0 Å². The molecule has 0 spiro atoms. The van der Waals surface area contributed by atoms with Crippen LogP contribution in [0.15, 0.2) is 30.3 Å². The molecule has 4 heteroatoms. The van der Waals surface area contributed by atoms with Crippen LogP contribution in [0.2, 0.25) is 0 Å². The van der Waals surface area contributed by atoms with Crippen LogP contribution in [0, 0.1) is 0 Å². The molecule has 0 saturated heterocycles. The average molecular weight is 304 g/mol. The summed E-state index contributed by atoms with van der Waals surface area (Å²) in [6.45, 7) is 4.71. The van der Waals surface area contributed by atoms with E-state index < -0.39 is 0 Å². The van der Waals surface area contributed by atoms with E-state index in [1.807, 2.05) is 11.3 Å². The van der Waals surface area contributed by atoms with Crippen molar-refractivity contribution < 1.29 is 4.74 Å². The zero-order valence-electron chi connectivity index (χ0n) is 12.9. The van der Waals surface area contributed by atoms with Crippen molar-refractivity contribution in [1.29, 1.82) is 0 Å². The Morgan fingerprint density at radius 1 is 1.19 bits per heavy atom. The van der Waals surface area contributed by atoms with Crippen molar-refractivity contribution in [1.82, 2.24) is 10.3 Å². The minimum atomic E-state index is 0.751. The van der Waals surface area contributed by atoms with Crippen molar-refractivity contribution >= 4 is 11.3 Å². The molecule has 0 fully saturated rings. The number of rotatable bonds is 9. The van der Waals surface area contributed by atoms with Crippen LogP contribution < -0.4 is 5.32 Å². The van der Waals surface area contributed by atoms with Gasteiger partial charge < -0.3 is 10.1 Å². The first-order chi connectivity index (χ1) is 10.3. The Morgan fingerprint density at radius 2 is 2.00 bits per heavy atom. The van der Waals surface area contributed by atoms with Crippen molar-refractivity contribution in [2.24, 2.45) is 0 Å². The van der Waals surface area contributed by atoms with Crippen molar-refractivity contribution in [2.75, 3.05) is 20.3 Å². The molecule has 2 aromatic rings. The van der Waals surface area contributed by atoms with Gasteiger partial charge in [0.2, 0.25) is 0 Å². The lowest BCUT2D eigenvalue weighted by Crippen LogP contribution is -2.18. The largest absolute Gasteiger partial charge is 0.383 e. The molecule has 0 unspecified atom stereocenters. The topological polar surface area (TPSA) is 34.2 Å². The van der Waals surface area contributed by atoms with Gasteiger partial charge in [0.25, 0.3) is 0 Å². The van der Waals surface area contributed by atoms with Gasteiger partial charge in [-0.05, 0) is 18.4 Å². The van der Waals surface area contributed by atoms with E-state index in [4.69, 9.17) is 9.72 Å². The van der Waals surface area contributed by atoms with E-state index in [9.17, 15) is 0 Å². The molecule has 3 nitrogen and oxygen atoms in total. The Balaban J connectivity index is 1.90. The van der Waals surface area contributed by atoms with Crippen LogP contribution in [0.25, 0.3) is 0 Å². The van der Waals surface area contributed by atoms with Crippen LogP contribution >= 0.6 is 11.3 Å². The maximum atomic E-state index is 5.05. The molecule has 0 aliphatic heterocycles. The minimum absolute atomic E-state index is 0.751. The van der Waals surface area contributed by atoms with Gasteiger partial charge in [0.15, 0.2) is 0 Å². The average Bonchev–Trinajstić information content (AvgIpc) is 2.93. The summed E-state index contributed by atoms with van der Waals surface area (Å²) < 4.78 is 5.05. The second kappa shape index (κ2) is 8.93. The molecule has 114 valence electrons. The van der Waals surface area contributed by atoms with E-state index in [0.717, 1.165) is 39.0 Å². The second-order valence-corrected chi connectivity index (χ2v) is 6.15. The van der Waals surface area contributed by atoms with Crippen molar-refractivity contribution in [3.8, 4) is 0 Å². The van der Waals surface area contributed by atoms with E-state index in [2.05, 4.69) is 42.6 Å². The van der Waals surface area contributed by atoms with Gasteiger partial charge in [0, 0.05) is 31.5 Å². The standard InChI is InChI=1S/C17H24N2OS/c1-3-15-16(13-18-11-12-20-2)21-17(19-15)10-9-14-7-5-4-6-8-14/h4-8,18H,3,9-13H2,1-2H3. The predicted molar refractivity (Wildman–Crippen MR) is 88.9 cm³/mol. The van der Waals surface area contributed by atoms with Crippen molar-refractivity contribution in [3.63, 3.8) is 0 Å². The van der Waals surface area contributed by atoms with E-state index >= 15 is 0 Å². The molecule has 21 heavy (non-hydrogen) atoms. The Bertz CT molecular complexity index is 525. The molecule has 0 amide bonds. The van der Waals surface area contributed by atoms with Crippen LogP contribution in [0.4, 0.5) is 0 Å². The number of nitrogens with one attached hydrogen (secondary N) is 1. The lowest BCUT2D eigenvalue weighted by Gasteiger charge is -2.02. The van der Waals surface area contributed by atoms with Gasteiger partial charge in [-0.15, -0.1) is 11.3 Å². The van der Waals surface area contributed by atoms with Gasteiger partial charge in [0.1, 0.15) is 0 Å². The predicted octanol–water partition coefficient (Wildman–Crippen LogP) is 3.23. The van der Waals surface area contributed by atoms with E-state index in [0.29, 0.717) is 0 Å². The zero-order valence-corrected chi connectivity index (χ0v) is 13.7. The summed E-state index contributed by atoms with van der Waals surface area (Å²) in [5.41, 5.74) is 2.62. The summed E-state index contributed by atoms with van der Waals surface area (Å²) in [7, 11) is 1.73. The monoisotopic (exact) mass is 304 g/mol. The Labute approximate surface area is 131 Å². The minimum Gasteiger partial charge on any atom is -0.383 e. The van der Waals surface area contributed by atoms with Crippen molar-refractivity contribution in [3.05, 3.63) is 51.5 Å². The summed E-state index contributed by atoms with van der Waals surface area (Å²) in [5, 5.41) is 4.66. The molecule has 0 aliphatic carbocycles. The van der Waals surface area contributed by atoms with Crippen molar-refractivity contribution in [2.45, 2.75) is 32.7 Å². The first kappa shape index (κ1) is 16.1. The van der Waals surface area contributed by atoms with Gasteiger partial charge in [-0.25, -0.2) is 4.98 Å². The fourth-order valence-electron chi connectivity index (χ4n) is 2.23. The summed E-state index contributed by atoms with van der Waals surface area (Å²) in [6.07, 6.45) is 3.09. The normalized spacial score (nSPS) is 11.0. The Hall–Kier alpha value is -1.23. The Kier molecular flexibility index (Phi) is 6.86. The molecule has 0 bridgehead atoms. The number of hydrogen-bond donors (Lipinski definition) is 1. The number of aryl methyl sites for hydroxylation is 3. The molecular formula is C17H24N2OS. The number of ether oxygens (including phenoxy) is 1. The van der Waals surface area contributed by atoms with Crippen LogP contribution in [0.1, 0.15) is 28.1 Å². The second-order valence-electron chi connectivity index (χ2n) is 4.99. The Morgan fingerprint density at radius 3 is 2.71 bits per heavy atom. The van der Waals surface area contributed by atoms with E-state index in [1.54, 1.807) is 7.11 Å². The molecular weight excluding hydrogens is 280 g/mol. The fourth-order valence-corrected chi connectivity index (χ4v) is 3.36. The number of nitrogens with zero attached hydrogens (tertiary/aromatic N) is 1. The zero-order chi connectivity index (χ0) is 14.9. The van der Waals surface area contributed by atoms with Gasteiger partial charge in [0.05, 0.1) is 17.3 Å². The number of aromatic nitrogens is 1. The third-order valence-corrected chi connectivity index (χ3v) is 4.55. The highest BCUT2D eigenvalue weighted by Gasteiger charge is 2.09. The molecule has 0 radical (unpaired) electrons. The first-order valence-corrected chi connectivity index (χ1v) is 8.36. The molecule has 0 atom stereocenters.